The highest BCUT2D eigenvalue weighted by Gasteiger charge is 2.09. The lowest BCUT2D eigenvalue weighted by molar-refractivity contribution is -0.118. The molecule has 0 spiro atoms. The number of amides is 1. The monoisotopic (exact) mass is 401 g/mol. The first-order valence-corrected chi connectivity index (χ1v) is 9.78. The van der Waals surface area contributed by atoms with E-state index in [-0.39, 0.29) is 11.7 Å². The third-order valence-corrected chi connectivity index (χ3v) is 5.35. The van der Waals surface area contributed by atoms with Gasteiger partial charge < -0.3 is 8.98 Å². The van der Waals surface area contributed by atoms with Gasteiger partial charge >= 0.3 is 0 Å². The molecule has 2 heterocycles. The Balaban J connectivity index is 1.54. The van der Waals surface area contributed by atoms with Gasteiger partial charge in [-0.05, 0) is 56.3 Å². The second-order valence-corrected chi connectivity index (χ2v) is 7.51. The number of hydrogen-bond acceptors (Lipinski definition) is 4. The number of aryl methyl sites for hydroxylation is 1. The predicted octanol–water partition coefficient (Wildman–Crippen LogP) is 4.64. The summed E-state index contributed by atoms with van der Waals surface area (Å²) in [5, 5.41) is 4.76. The highest BCUT2D eigenvalue weighted by Crippen LogP contribution is 2.20. The highest BCUT2D eigenvalue weighted by molar-refractivity contribution is 8.00. The number of benzene rings is 1. The number of nitrogens with one attached hydrogen (secondary N) is 1. The Labute approximate surface area is 167 Å². The fourth-order valence-corrected chi connectivity index (χ4v) is 3.46. The molecule has 3 aromatic rings. The fraction of sp³-hybridized carbons (Fsp3) is 0.200. The number of rotatable bonds is 7. The first-order chi connectivity index (χ1) is 13.0. The van der Waals surface area contributed by atoms with Crippen LogP contribution in [0.25, 0.3) is 0 Å². The molecule has 0 atom stereocenters. The second kappa shape index (κ2) is 8.97. The molecule has 0 aliphatic heterocycles. The van der Waals surface area contributed by atoms with Gasteiger partial charge in [0.15, 0.2) is 0 Å². The number of halogens is 1. The summed E-state index contributed by atoms with van der Waals surface area (Å²) in [4.78, 5) is 12.9. The maximum absolute atomic E-state index is 12.0. The number of furan rings is 1. The number of carbonyl (C=O) groups is 1. The van der Waals surface area contributed by atoms with Crippen LogP contribution < -0.4 is 5.43 Å². The van der Waals surface area contributed by atoms with E-state index in [4.69, 9.17) is 16.0 Å². The van der Waals surface area contributed by atoms with Crippen LogP contribution in [0.1, 0.15) is 22.7 Å². The molecule has 0 fully saturated rings. The largest absolute Gasteiger partial charge is 0.467 e. The fourth-order valence-electron chi connectivity index (χ4n) is 2.65. The molecule has 1 N–H and O–H groups in total. The van der Waals surface area contributed by atoms with Gasteiger partial charge in [-0.25, -0.2) is 5.43 Å². The number of hydrazone groups is 1. The average molecular weight is 402 g/mol. The van der Waals surface area contributed by atoms with Crippen LogP contribution in [-0.4, -0.2) is 22.4 Å². The van der Waals surface area contributed by atoms with Crippen molar-refractivity contribution in [3.8, 4) is 0 Å². The van der Waals surface area contributed by atoms with Crippen molar-refractivity contribution in [1.82, 2.24) is 9.99 Å². The van der Waals surface area contributed by atoms with Gasteiger partial charge in [0, 0.05) is 26.9 Å². The second-order valence-electron chi connectivity index (χ2n) is 6.03. The van der Waals surface area contributed by atoms with E-state index in [9.17, 15) is 4.79 Å². The number of hydrogen-bond donors (Lipinski definition) is 1. The van der Waals surface area contributed by atoms with Gasteiger partial charge in [0.25, 0.3) is 0 Å². The van der Waals surface area contributed by atoms with Crippen molar-refractivity contribution in [1.29, 1.82) is 0 Å². The van der Waals surface area contributed by atoms with Crippen molar-refractivity contribution >= 4 is 35.5 Å². The summed E-state index contributed by atoms with van der Waals surface area (Å²) in [6.07, 6.45) is 3.34. The number of thioether (sulfide) groups is 1. The minimum atomic E-state index is -0.157. The Morgan fingerprint density at radius 3 is 2.78 bits per heavy atom. The summed E-state index contributed by atoms with van der Waals surface area (Å²) in [6, 6.07) is 13.2. The molecule has 5 nitrogen and oxygen atoms in total. The maximum Gasteiger partial charge on any atom is 0.250 e. The number of nitrogens with zero attached hydrogens (tertiary/aromatic N) is 2. The zero-order valence-electron chi connectivity index (χ0n) is 15.1. The lowest BCUT2D eigenvalue weighted by Gasteiger charge is -2.07. The molecule has 0 aliphatic carbocycles. The summed E-state index contributed by atoms with van der Waals surface area (Å²) >= 11 is 7.29. The van der Waals surface area contributed by atoms with Crippen LogP contribution in [0, 0.1) is 13.8 Å². The molecule has 0 aliphatic rings. The first-order valence-electron chi connectivity index (χ1n) is 8.42. The molecule has 0 saturated carbocycles. The molecular weight excluding hydrogens is 382 g/mol. The summed E-state index contributed by atoms with van der Waals surface area (Å²) in [5.41, 5.74) is 5.71. The average Bonchev–Trinajstić information content (AvgIpc) is 3.25. The molecule has 27 heavy (non-hydrogen) atoms. The molecule has 2 aromatic heterocycles. The van der Waals surface area contributed by atoms with Crippen molar-refractivity contribution in [2.45, 2.75) is 25.3 Å². The molecule has 1 amide bonds. The van der Waals surface area contributed by atoms with Crippen LogP contribution in [0.3, 0.4) is 0 Å². The van der Waals surface area contributed by atoms with Crippen LogP contribution in [0.15, 0.2) is 63.1 Å². The third-order valence-electron chi connectivity index (χ3n) is 4.08. The number of aromatic nitrogens is 1. The van der Waals surface area contributed by atoms with Crippen molar-refractivity contribution in [2.75, 3.05) is 5.75 Å². The molecule has 3 rings (SSSR count). The first kappa shape index (κ1) is 19.3. The van der Waals surface area contributed by atoms with Crippen molar-refractivity contribution in [3.63, 3.8) is 0 Å². The van der Waals surface area contributed by atoms with Crippen LogP contribution in [0.4, 0.5) is 0 Å². The standard InChI is InChI=1S/C20H20ClN3O2S/c1-14-10-16(15(2)24(14)12-18-4-3-9-26-18)11-22-23-20(25)13-27-19-7-5-17(21)6-8-19/h3-11H,12-13H2,1-2H3,(H,23,25)/b22-11-. The number of carbonyl (C=O) groups excluding carboxylic acids is 1. The molecule has 7 heteroatoms. The van der Waals surface area contributed by atoms with E-state index >= 15 is 0 Å². The van der Waals surface area contributed by atoms with Crippen molar-refractivity contribution in [3.05, 3.63) is 76.5 Å². The van der Waals surface area contributed by atoms with Crippen molar-refractivity contribution < 1.29 is 9.21 Å². The Kier molecular flexibility index (Phi) is 6.42. The molecule has 1 aromatic carbocycles. The van der Waals surface area contributed by atoms with E-state index < -0.39 is 0 Å². The smallest absolute Gasteiger partial charge is 0.250 e. The van der Waals surface area contributed by atoms with Gasteiger partial charge in [0.2, 0.25) is 5.91 Å². The lowest BCUT2D eigenvalue weighted by Crippen LogP contribution is -2.19. The van der Waals surface area contributed by atoms with E-state index in [2.05, 4.69) is 15.1 Å². The van der Waals surface area contributed by atoms with Gasteiger partial charge in [-0.1, -0.05) is 11.6 Å². The van der Waals surface area contributed by atoms with Crippen LogP contribution >= 0.6 is 23.4 Å². The van der Waals surface area contributed by atoms with Crippen molar-refractivity contribution in [2.24, 2.45) is 5.10 Å². The Morgan fingerprint density at radius 2 is 2.07 bits per heavy atom. The third kappa shape index (κ3) is 5.28. The minimum absolute atomic E-state index is 0.157. The molecule has 0 saturated heterocycles. The molecule has 0 radical (unpaired) electrons. The summed E-state index contributed by atoms with van der Waals surface area (Å²) in [7, 11) is 0. The molecule has 0 unspecified atom stereocenters. The maximum atomic E-state index is 12.0. The van der Waals surface area contributed by atoms with E-state index in [0.29, 0.717) is 11.6 Å². The predicted molar refractivity (Wildman–Crippen MR) is 110 cm³/mol. The minimum Gasteiger partial charge on any atom is -0.467 e. The summed E-state index contributed by atoms with van der Waals surface area (Å²) in [5.74, 6) is 1.03. The zero-order valence-corrected chi connectivity index (χ0v) is 16.7. The SMILES string of the molecule is Cc1cc(/C=N\NC(=O)CSc2ccc(Cl)cc2)c(C)n1Cc1ccco1. The van der Waals surface area contributed by atoms with Crippen LogP contribution in [0.2, 0.25) is 5.02 Å². The van der Waals surface area contributed by atoms with Gasteiger partial charge in [-0.2, -0.15) is 5.10 Å². The van der Waals surface area contributed by atoms with Gasteiger partial charge in [-0.3, -0.25) is 4.79 Å². The Bertz CT molecular complexity index is 931. The summed E-state index contributed by atoms with van der Waals surface area (Å²) in [6.45, 7) is 4.73. The van der Waals surface area contributed by atoms with E-state index in [1.54, 1.807) is 24.6 Å². The van der Waals surface area contributed by atoms with E-state index in [1.807, 2.05) is 44.2 Å². The Hall–Kier alpha value is -2.44. The summed E-state index contributed by atoms with van der Waals surface area (Å²) < 4.78 is 7.57. The highest BCUT2D eigenvalue weighted by atomic mass is 35.5. The Morgan fingerprint density at radius 1 is 1.30 bits per heavy atom. The van der Waals surface area contributed by atoms with Gasteiger partial charge in [-0.15, -0.1) is 11.8 Å². The van der Waals surface area contributed by atoms with Gasteiger partial charge in [0.05, 0.1) is 24.8 Å². The quantitative estimate of drug-likeness (QED) is 0.356. The topological polar surface area (TPSA) is 59.5 Å². The zero-order chi connectivity index (χ0) is 19.2. The molecular formula is C20H20ClN3O2S. The molecule has 140 valence electrons. The van der Waals surface area contributed by atoms with E-state index in [1.165, 1.54) is 11.8 Å². The molecule has 0 bridgehead atoms. The van der Waals surface area contributed by atoms with E-state index in [0.717, 1.165) is 27.6 Å². The van der Waals surface area contributed by atoms with Gasteiger partial charge in [0.1, 0.15) is 5.76 Å². The lowest BCUT2D eigenvalue weighted by atomic mass is 10.3. The normalized spacial score (nSPS) is 11.2. The van der Waals surface area contributed by atoms with Crippen LogP contribution in [0.5, 0.6) is 0 Å². The van der Waals surface area contributed by atoms with Crippen LogP contribution in [-0.2, 0) is 11.3 Å².